The molecular formula is C17H19ClN2. The van der Waals surface area contributed by atoms with Crippen molar-refractivity contribution in [2.24, 2.45) is 0 Å². The van der Waals surface area contributed by atoms with E-state index >= 15 is 0 Å². The smallest absolute Gasteiger partial charge is 0.136 e. The largest absolute Gasteiger partial charge is 0.236 e. The third kappa shape index (κ3) is 2.45. The highest BCUT2D eigenvalue weighted by molar-refractivity contribution is 6.30. The Balaban J connectivity index is 2.11. The van der Waals surface area contributed by atoms with Crippen molar-refractivity contribution in [3.63, 3.8) is 0 Å². The van der Waals surface area contributed by atoms with Crippen LogP contribution in [0.1, 0.15) is 49.7 Å². The van der Waals surface area contributed by atoms with Gasteiger partial charge in [0.05, 0.1) is 5.69 Å². The first-order chi connectivity index (χ1) is 9.81. The van der Waals surface area contributed by atoms with Gasteiger partial charge in [0.25, 0.3) is 0 Å². The lowest BCUT2D eigenvalue weighted by atomic mass is 9.77. The minimum Gasteiger partial charge on any atom is -0.236 e. The van der Waals surface area contributed by atoms with Crippen molar-refractivity contribution in [3.05, 3.63) is 46.9 Å². The minimum absolute atomic E-state index is 0.597. The third-order valence-corrected chi connectivity index (χ3v) is 4.48. The lowest BCUT2D eigenvalue weighted by Crippen LogP contribution is -2.10. The average molecular weight is 287 g/mol. The van der Waals surface area contributed by atoms with Crippen molar-refractivity contribution in [3.8, 4) is 11.3 Å². The first-order valence-electron chi connectivity index (χ1n) is 7.40. The van der Waals surface area contributed by atoms with Crippen LogP contribution in [-0.2, 0) is 6.42 Å². The molecule has 0 unspecified atom stereocenters. The fraction of sp³-hybridized carbons (Fsp3) is 0.412. The van der Waals surface area contributed by atoms with Gasteiger partial charge in [-0.2, -0.15) is 0 Å². The predicted molar refractivity (Wildman–Crippen MR) is 83.1 cm³/mol. The number of hydrogen-bond acceptors (Lipinski definition) is 2. The summed E-state index contributed by atoms with van der Waals surface area (Å²) in [5.41, 5.74) is 4.77. The summed E-state index contributed by atoms with van der Waals surface area (Å²) in [4.78, 5) is 8.68. The van der Waals surface area contributed by atoms with E-state index in [2.05, 4.69) is 41.2 Å². The van der Waals surface area contributed by atoms with Crippen LogP contribution < -0.4 is 0 Å². The molecule has 0 amide bonds. The van der Waals surface area contributed by atoms with E-state index in [0.717, 1.165) is 24.1 Å². The molecule has 0 aliphatic heterocycles. The number of aromatic nitrogens is 2. The van der Waals surface area contributed by atoms with Crippen LogP contribution in [0.15, 0.2) is 30.6 Å². The Kier molecular flexibility index (Phi) is 4.02. The van der Waals surface area contributed by atoms with E-state index in [1.165, 1.54) is 30.4 Å². The van der Waals surface area contributed by atoms with Gasteiger partial charge in [0.2, 0.25) is 0 Å². The highest BCUT2D eigenvalue weighted by Crippen LogP contribution is 2.41. The SMILES string of the molecule is CCCc1c(Cl)ncnc1-c1ccccc1C1CCC1. The molecule has 0 bridgehead atoms. The van der Waals surface area contributed by atoms with E-state index in [0.29, 0.717) is 11.1 Å². The van der Waals surface area contributed by atoms with Crippen LogP contribution >= 0.6 is 11.6 Å². The number of nitrogens with zero attached hydrogens (tertiary/aromatic N) is 2. The van der Waals surface area contributed by atoms with E-state index in [-0.39, 0.29) is 0 Å². The molecule has 2 nitrogen and oxygen atoms in total. The Morgan fingerprint density at radius 1 is 1.20 bits per heavy atom. The average Bonchev–Trinajstić information content (AvgIpc) is 2.40. The molecule has 1 saturated carbocycles. The fourth-order valence-corrected chi connectivity index (χ4v) is 3.11. The van der Waals surface area contributed by atoms with Crippen LogP contribution in [0.25, 0.3) is 11.3 Å². The van der Waals surface area contributed by atoms with Gasteiger partial charge in [-0.25, -0.2) is 9.97 Å². The summed E-state index contributed by atoms with van der Waals surface area (Å²) < 4.78 is 0. The Hall–Kier alpha value is -1.41. The van der Waals surface area contributed by atoms with Gasteiger partial charge in [0.1, 0.15) is 11.5 Å². The van der Waals surface area contributed by atoms with E-state index < -0.39 is 0 Å². The molecule has 20 heavy (non-hydrogen) atoms. The maximum Gasteiger partial charge on any atom is 0.136 e. The fourth-order valence-electron chi connectivity index (χ4n) is 2.88. The Morgan fingerprint density at radius 3 is 2.70 bits per heavy atom. The molecule has 0 saturated heterocycles. The molecule has 1 aliphatic carbocycles. The lowest BCUT2D eigenvalue weighted by Gasteiger charge is -2.28. The molecule has 3 heteroatoms. The van der Waals surface area contributed by atoms with Crippen LogP contribution in [-0.4, -0.2) is 9.97 Å². The number of halogens is 1. The molecule has 1 aromatic carbocycles. The second kappa shape index (κ2) is 5.92. The van der Waals surface area contributed by atoms with E-state index in [9.17, 15) is 0 Å². The second-order valence-corrected chi connectivity index (χ2v) is 5.81. The summed E-state index contributed by atoms with van der Waals surface area (Å²) >= 11 is 6.29. The van der Waals surface area contributed by atoms with Crippen LogP contribution in [0.2, 0.25) is 5.15 Å². The normalized spacial score (nSPS) is 15.1. The van der Waals surface area contributed by atoms with Gasteiger partial charge >= 0.3 is 0 Å². The first kappa shape index (κ1) is 13.6. The van der Waals surface area contributed by atoms with E-state index in [1.807, 2.05) is 0 Å². The van der Waals surface area contributed by atoms with Gasteiger partial charge in [0.15, 0.2) is 0 Å². The molecule has 104 valence electrons. The molecule has 2 aromatic rings. The summed E-state index contributed by atoms with van der Waals surface area (Å²) in [6.07, 6.45) is 7.47. The van der Waals surface area contributed by atoms with Gasteiger partial charge in [-0.15, -0.1) is 0 Å². The molecule has 3 rings (SSSR count). The molecular weight excluding hydrogens is 268 g/mol. The summed E-state index contributed by atoms with van der Waals surface area (Å²) in [6.45, 7) is 2.16. The Morgan fingerprint density at radius 2 is 2.00 bits per heavy atom. The molecule has 1 fully saturated rings. The molecule has 0 N–H and O–H groups in total. The van der Waals surface area contributed by atoms with Gasteiger partial charge in [0, 0.05) is 11.1 Å². The standard InChI is InChI=1S/C17H19ClN2/c1-2-6-15-16(19-11-20-17(15)18)14-10-4-3-9-13(14)12-7-5-8-12/h3-4,9-12H,2,5-8H2,1H3. The Bertz CT molecular complexity index is 606. The molecule has 1 aromatic heterocycles. The number of hydrogen-bond donors (Lipinski definition) is 0. The highest BCUT2D eigenvalue weighted by Gasteiger charge is 2.24. The zero-order valence-corrected chi connectivity index (χ0v) is 12.5. The van der Waals surface area contributed by atoms with Crippen molar-refractivity contribution in [2.45, 2.75) is 44.9 Å². The molecule has 0 atom stereocenters. The predicted octanol–water partition coefficient (Wildman–Crippen LogP) is 5.02. The van der Waals surface area contributed by atoms with Gasteiger partial charge in [-0.1, -0.05) is 55.6 Å². The lowest BCUT2D eigenvalue weighted by molar-refractivity contribution is 0.420. The molecule has 0 radical (unpaired) electrons. The van der Waals surface area contributed by atoms with Crippen molar-refractivity contribution in [1.29, 1.82) is 0 Å². The maximum absolute atomic E-state index is 6.29. The van der Waals surface area contributed by atoms with Crippen LogP contribution in [0.4, 0.5) is 0 Å². The van der Waals surface area contributed by atoms with Gasteiger partial charge < -0.3 is 0 Å². The summed E-state index contributed by atoms with van der Waals surface area (Å²) in [5, 5.41) is 0.597. The Labute approximate surface area is 125 Å². The van der Waals surface area contributed by atoms with Crippen molar-refractivity contribution < 1.29 is 0 Å². The summed E-state index contributed by atoms with van der Waals surface area (Å²) in [5.74, 6) is 0.689. The van der Waals surface area contributed by atoms with Gasteiger partial charge in [-0.3, -0.25) is 0 Å². The first-order valence-corrected chi connectivity index (χ1v) is 7.77. The quantitative estimate of drug-likeness (QED) is 0.738. The number of rotatable bonds is 4. The van der Waals surface area contributed by atoms with Crippen molar-refractivity contribution in [1.82, 2.24) is 9.97 Å². The van der Waals surface area contributed by atoms with Gasteiger partial charge in [-0.05, 0) is 30.7 Å². The van der Waals surface area contributed by atoms with Crippen molar-refractivity contribution >= 4 is 11.6 Å². The zero-order chi connectivity index (χ0) is 13.9. The monoisotopic (exact) mass is 286 g/mol. The van der Waals surface area contributed by atoms with Crippen LogP contribution in [0.3, 0.4) is 0 Å². The van der Waals surface area contributed by atoms with E-state index in [1.54, 1.807) is 6.33 Å². The summed E-state index contributed by atoms with van der Waals surface area (Å²) in [6, 6.07) is 8.62. The maximum atomic E-state index is 6.29. The molecule has 0 spiro atoms. The zero-order valence-electron chi connectivity index (χ0n) is 11.8. The van der Waals surface area contributed by atoms with Crippen molar-refractivity contribution in [2.75, 3.05) is 0 Å². The van der Waals surface area contributed by atoms with E-state index in [4.69, 9.17) is 11.6 Å². The second-order valence-electron chi connectivity index (χ2n) is 5.46. The topological polar surface area (TPSA) is 25.8 Å². The minimum atomic E-state index is 0.597. The molecule has 1 aliphatic rings. The highest BCUT2D eigenvalue weighted by atomic mass is 35.5. The summed E-state index contributed by atoms with van der Waals surface area (Å²) in [7, 11) is 0. The number of benzene rings is 1. The third-order valence-electron chi connectivity index (χ3n) is 4.15. The molecule has 1 heterocycles. The van der Waals surface area contributed by atoms with Crippen LogP contribution in [0, 0.1) is 0 Å². The van der Waals surface area contributed by atoms with Crippen LogP contribution in [0.5, 0.6) is 0 Å².